The summed E-state index contributed by atoms with van der Waals surface area (Å²) >= 11 is 1.56. The van der Waals surface area contributed by atoms with Crippen LogP contribution in [0.5, 0.6) is 11.5 Å². The Morgan fingerprint density at radius 2 is 1.89 bits per heavy atom. The summed E-state index contributed by atoms with van der Waals surface area (Å²) in [7, 11) is 1.63. The van der Waals surface area contributed by atoms with Crippen molar-refractivity contribution in [1.29, 1.82) is 0 Å². The quantitative estimate of drug-likeness (QED) is 0.191. The molecular formula is C26H38N4O4S. The first-order chi connectivity index (χ1) is 17.0. The first kappa shape index (κ1) is 26.9. The van der Waals surface area contributed by atoms with Crippen molar-refractivity contribution < 1.29 is 19.0 Å². The van der Waals surface area contributed by atoms with Crippen LogP contribution in [-0.4, -0.2) is 46.8 Å². The van der Waals surface area contributed by atoms with Crippen molar-refractivity contribution in [3.63, 3.8) is 0 Å². The smallest absolute Gasteiger partial charge is 0.338 e. The number of carbonyl (C=O) groups is 1. The van der Waals surface area contributed by atoms with Gasteiger partial charge in [0.1, 0.15) is 6.04 Å². The minimum absolute atomic E-state index is 0.352. The van der Waals surface area contributed by atoms with E-state index in [0.717, 1.165) is 37.0 Å². The maximum Gasteiger partial charge on any atom is 0.338 e. The molecule has 0 aliphatic carbocycles. The molecular weight excluding hydrogens is 464 g/mol. The standard InChI is InChI=1S/C26H38N4O4S/c1-6-9-11-12-16-33-20-14-13-19(17-21(20)32-5)23-22(24(31)34-15-10-7-2)18(4)27-25-28-26(35-8-3)29-30(23)25/h13-14,17,23H,6-12,15-16H2,1-5H3,(H,27,28,29). The molecule has 1 unspecified atom stereocenters. The number of ether oxygens (including phenoxy) is 3. The SMILES string of the molecule is CCCCCCOc1ccc(C2C(C(=O)OCCCC)=C(C)Nc3nc(SCC)nn32)cc1OC. The van der Waals surface area contributed by atoms with Crippen molar-refractivity contribution in [3.8, 4) is 11.5 Å². The molecule has 0 bridgehead atoms. The van der Waals surface area contributed by atoms with Gasteiger partial charge in [0.25, 0.3) is 0 Å². The summed E-state index contributed by atoms with van der Waals surface area (Å²) in [5, 5.41) is 8.61. The molecule has 0 saturated heterocycles. The van der Waals surface area contributed by atoms with E-state index in [1.54, 1.807) is 23.6 Å². The van der Waals surface area contributed by atoms with Crippen LogP contribution in [0.25, 0.3) is 0 Å². The maximum atomic E-state index is 13.2. The summed E-state index contributed by atoms with van der Waals surface area (Å²) in [6, 6.07) is 5.29. The Bertz CT molecular complexity index is 1020. The number of thioether (sulfide) groups is 1. The molecule has 1 aromatic heterocycles. The Hall–Kier alpha value is -2.68. The van der Waals surface area contributed by atoms with Crippen LogP contribution >= 0.6 is 11.8 Å². The fraction of sp³-hybridized carbons (Fsp3) is 0.577. The molecule has 1 N–H and O–H groups in total. The van der Waals surface area contributed by atoms with Crippen LogP contribution in [0.1, 0.15) is 77.8 Å². The zero-order chi connectivity index (χ0) is 25.2. The molecule has 8 nitrogen and oxygen atoms in total. The highest BCUT2D eigenvalue weighted by Gasteiger charge is 2.35. The molecule has 3 rings (SSSR count). The Morgan fingerprint density at radius 3 is 2.60 bits per heavy atom. The van der Waals surface area contributed by atoms with Crippen LogP contribution < -0.4 is 14.8 Å². The van der Waals surface area contributed by atoms with E-state index in [0.29, 0.717) is 47.1 Å². The molecule has 0 saturated carbocycles. The van der Waals surface area contributed by atoms with E-state index in [2.05, 4.69) is 31.1 Å². The highest BCUT2D eigenvalue weighted by molar-refractivity contribution is 7.99. The van der Waals surface area contributed by atoms with Gasteiger partial charge in [-0.2, -0.15) is 4.98 Å². The number of anilines is 1. The number of fused-ring (bicyclic) bond motifs is 1. The van der Waals surface area contributed by atoms with Gasteiger partial charge in [-0.15, -0.1) is 5.10 Å². The minimum atomic E-state index is -0.494. The fourth-order valence-electron chi connectivity index (χ4n) is 3.97. The van der Waals surface area contributed by atoms with Crippen LogP contribution in [0.4, 0.5) is 5.95 Å². The number of unbranched alkanes of at least 4 members (excludes halogenated alkanes) is 4. The second-order valence-corrected chi connectivity index (χ2v) is 9.70. The second kappa shape index (κ2) is 13.4. The summed E-state index contributed by atoms with van der Waals surface area (Å²) in [4.78, 5) is 17.8. The normalized spacial score (nSPS) is 14.9. The number of rotatable bonds is 14. The number of esters is 1. The average Bonchev–Trinajstić information content (AvgIpc) is 3.25. The number of carbonyl (C=O) groups excluding carboxylic acids is 1. The first-order valence-corrected chi connectivity index (χ1v) is 13.6. The van der Waals surface area contributed by atoms with Crippen LogP contribution in [0, 0.1) is 0 Å². The zero-order valence-corrected chi connectivity index (χ0v) is 22.4. The largest absolute Gasteiger partial charge is 0.493 e. The predicted molar refractivity (Wildman–Crippen MR) is 139 cm³/mol. The molecule has 1 atom stereocenters. The number of hydrogen-bond acceptors (Lipinski definition) is 8. The first-order valence-electron chi connectivity index (χ1n) is 12.6. The molecule has 1 aliphatic rings. The van der Waals surface area contributed by atoms with E-state index < -0.39 is 6.04 Å². The molecule has 1 aliphatic heterocycles. The van der Waals surface area contributed by atoms with Gasteiger partial charge in [0.15, 0.2) is 11.5 Å². The Balaban J connectivity index is 1.95. The van der Waals surface area contributed by atoms with E-state index in [4.69, 9.17) is 19.3 Å². The van der Waals surface area contributed by atoms with Gasteiger partial charge in [-0.3, -0.25) is 0 Å². The van der Waals surface area contributed by atoms with Crippen LogP contribution in [0.15, 0.2) is 34.6 Å². The monoisotopic (exact) mass is 502 g/mol. The highest BCUT2D eigenvalue weighted by atomic mass is 32.2. The molecule has 192 valence electrons. The van der Waals surface area contributed by atoms with E-state index in [1.807, 2.05) is 25.1 Å². The van der Waals surface area contributed by atoms with Gasteiger partial charge in [0.05, 0.1) is 25.9 Å². The third kappa shape index (κ3) is 6.72. The van der Waals surface area contributed by atoms with E-state index >= 15 is 0 Å². The molecule has 0 fully saturated rings. The zero-order valence-electron chi connectivity index (χ0n) is 21.6. The third-order valence-electron chi connectivity index (χ3n) is 5.82. The van der Waals surface area contributed by atoms with Gasteiger partial charge in [-0.1, -0.05) is 64.3 Å². The average molecular weight is 503 g/mol. The highest BCUT2D eigenvalue weighted by Crippen LogP contribution is 2.39. The molecule has 9 heteroatoms. The van der Waals surface area contributed by atoms with Crippen molar-refractivity contribution in [2.24, 2.45) is 0 Å². The number of methoxy groups -OCH3 is 1. The summed E-state index contributed by atoms with van der Waals surface area (Å²) < 4.78 is 19.1. The molecule has 2 heterocycles. The molecule has 1 aromatic carbocycles. The number of nitrogens with one attached hydrogen (secondary N) is 1. The van der Waals surface area contributed by atoms with E-state index in [1.165, 1.54) is 12.8 Å². The van der Waals surface area contributed by atoms with E-state index in [9.17, 15) is 4.79 Å². The van der Waals surface area contributed by atoms with Gasteiger partial charge in [0.2, 0.25) is 11.1 Å². The molecule has 0 radical (unpaired) electrons. The van der Waals surface area contributed by atoms with Crippen molar-refractivity contribution in [3.05, 3.63) is 35.0 Å². The molecule has 2 aromatic rings. The predicted octanol–water partition coefficient (Wildman–Crippen LogP) is 5.99. The number of nitrogens with zero attached hydrogens (tertiary/aromatic N) is 3. The summed E-state index contributed by atoms with van der Waals surface area (Å²) in [5.41, 5.74) is 2.07. The Kier molecular flexibility index (Phi) is 10.3. The van der Waals surface area contributed by atoms with E-state index in [-0.39, 0.29) is 5.97 Å². The second-order valence-electron chi connectivity index (χ2n) is 8.47. The lowest BCUT2D eigenvalue weighted by molar-refractivity contribution is -0.139. The van der Waals surface area contributed by atoms with Crippen molar-refractivity contribution in [2.45, 2.75) is 77.4 Å². The van der Waals surface area contributed by atoms with Crippen molar-refractivity contribution in [2.75, 3.05) is 31.4 Å². The van der Waals surface area contributed by atoms with Crippen LogP contribution in [0.2, 0.25) is 0 Å². The Morgan fingerprint density at radius 1 is 1.09 bits per heavy atom. The number of allylic oxidation sites excluding steroid dienone is 1. The topological polar surface area (TPSA) is 87.5 Å². The lowest BCUT2D eigenvalue weighted by Gasteiger charge is -2.28. The molecule has 0 amide bonds. The maximum absolute atomic E-state index is 13.2. The molecule has 0 spiro atoms. The Labute approximate surface area is 212 Å². The lowest BCUT2D eigenvalue weighted by Crippen LogP contribution is -2.29. The van der Waals surface area contributed by atoms with Gasteiger partial charge in [-0.05, 0) is 43.2 Å². The minimum Gasteiger partial charge on any atom is -0.493 e. The van der Waals surface area contributed by atoms with Crippen LogP contribution in [-0.2, 0) is 9.53 Å². The number of hydrogen-bond donors (Lipinski definition) is 1. The third-order valence-corrected chi connectivity index (χ3v) is 6.54. The van der Waals surface area contributed by atoms with Crippen LogP contribution in [0.3, 0.4) is 0 Å². The van der Waals surface area contributed by atoms with Gasteiger partial charge >= 0.3 is 5.97 Å². The summed E-state index contributed by atoms with van der Waals surface area (Å²) in [6.07, 6.45) is 6.31. The van der Waals surface area contributed by atoms with Gasteiger partial charge in [-0.25, -0.2) is 9.48 Å². The summed E-state index contributed by atoms with van der Waals surface area (Å²) in [5.74, 6) is 2.41. The van der Waals surface area contributed by atoms with Crippen molar-refractivity contribution >= 4 is 23.7 Å². The lowest BCUT2D eigenvalue weighted by atomic mass is 9.95. The number of aromatic nitrogens is 3. The van der Waals surface area contributed by atoms with Gasteiger partial charge < -0.3 is 19.5 Å². The van der Waals surface area contributed by atoms with Crippen molar-refractivity contribution in [1.82, 2.24) is 14.8 Å². The van der Waals surface area contributed by atoms with Gasteiger partial charge in [0, 0.05) is 5.70 Å². The summed E-state index contributed by atoms with van der Waals surface area (Å²) in [6.45, 7) is 9.21. The molecule has 35 heavy (non-hydrogen) atoms. The fourth-order valence-corrected chi connectivity index (χ4v) is 4.52. The number of benzene rings is 1.